The zero-order chi connectivity index (χ0) is 20.5. The molecule has 0 radical (unpaired) electrons. The van der Waals surface area contributed by atoms with Crippen LogP contribution in [0, 0.1) is 0 Å². The summed E-state index contributed by atoms with van der Waals surface area (Å²) in [6.45, 7) is 1.24. The Bertz CT molecular complexity index is 1250. The molecule has 0 N–H and O–H groups in total. The summed E-state index contributed by atoms with van der Waals surface area (Å²) in [5, 5.41) is 1.13. The number of nitrogens with zero attached hydrogens (tertiary/aromatic N) is 3. The van der Waals surface area contributed by atoms with Crippen molar-refractivity contribution in [3.63, 3.8) is 0 Å². The highest BCUT2D eigenvalue weighted by Crippen LogP contribution is 2.36. The Morgan fingerprint density at radius 1 is 1.00 bits per heavy atom. The van der Waals surface area contributed by atoms with Crippen molar-refractivity contribution in [3.8, 4) is 16.9 Å². The minimum absolute atomic E-state index is 0.0484. The van der Waals surface area contributed by atoms with E-state index in [0.717, 1.165) is 45.3 Å². The lowest BCUT2D eigenvalue weighted by Gasteiger charge is -2.16. The molecule has 0 saturated carbocycles. The highest BCUT2D eigenvalue weighted by Gasteiger charge is 2.30. The summed E-state index contributed by atoms with van der Waals surface area (Å²) in [4.78, 5) is 24.1. The molecule has 0 unspecified atom stereocenters. The molecule has 148 valence electrons. The maximum atomic E-state index is 13.3. The molecule has 1 aliphatic rings. The van der Waals surface area contributed by atoms with E-state index in [1.807, 2.05) is 53.4 Å². The number of carbonyl (C=O) groups is 1. The largest absolute Gasteiger partial charge is 0.496 e. The smallest absolute Gasteiger partial charge is 0.255 e. The normalized spacial score (nSPS) is 13.0. The van der Waals surface area contributed by atoms with Crippen LogP contribution in [0.25, 0.3) is 22.0 Å². The highest BCUT2D eigenvalue weighted by molar-refractivity contribution is 6.05. The summed E-state index contributed by atoms with van der Waals surface area (Å²) in [6.07, 6.45) is 4.16. The van der Waals surface area contributed by atoms with E-state index in [0.29, 0.717) is 18.8 Å². The molecule has 5 heteroatoms. The first-order chi connectivity index (χ1) is 14.7. The van der Waals surface area contributed by atoms with Gasteiger partial charge in [-0.3, -0.25) is 14.8 Å². The van der Waals surface area contributed by atoms with Crippen LogP contribution in [0.5, 0.6) is 5.75 Å². The van der Waals surface area contributed by atoms with Crippen molar-refractivity contribution < 1.29 is 9.53 Å². The first kappa shape index (κ1) is 18.3. The maximum absolute atomic E-state index is 13.3. The molecule has 0 spiro atoms. The van der Waals surface area contributed by atoms with E-state index in [2.05, 4.69) is 17.1 Å². The lowest BCUT2D eigenvalue weighted by molar-refractivity contribution is 0.0780. The number of benzene rings is 2. The zero-order valence-electron chi connectivity index (χ0n) is 16.7. The Kier molecular flexibility index (Phi) is 4.64. The molecular formula is C25H21N3O2. The molecule has 0 aliphatic carbocycles. The molecular weight excluding hydrogens is 374 g/mol. The van der Waals surface area contributed by atoms with Crippen LogP contribution < -0.4 is 4.74 Å². The second-order valence-corrected chi connectivity index (χ2v) is 7.39. The van der Waals surface area contributed by atoms with E-state index in [-0.39, 0.29) is 5.91 Å². The number of carbonyl (C=O) groups excluding carboxylic acids is 1. The Morgan fingerprint density at radius 2 is 1.90 bits per heavy atom. The van der Waals surface area contributed by atoms with Crippen LogP contribution in [0.2, 0.25) is 0 Å². The number of para-hydroxylation sites is 1. The fourth-order valence-corrected chi connectivity index (χ4v) is 4.08. The summed E-state index contributed by atoms with van der Waals surface area (Å²) < 4.78 is 5.49. The molecule has 1 aliphatic heterocycles. The van der Waals surface area contributed by atoms with Crippen LogP contribution in [0.3, 0.4) is 0 Å². The molecule has 2 aromatic carbocycles. The number of hydrogen-bond donors (Lipinski definition) is 0. The second-order valence-electron chi connectivity index (χ2n) is 7.39. The third kappa shape index (κ3) is 3.18. The standard InChI is InChI=1S/C25H21N3O2/c1-30-23-11-13-26-15-21(23)20-7-4-6-18-16-28(25(29)24(18)20)14-12-19-10-9-17-5-2-3-8-22(17)27-19/h2-11,13,15H,12,14,16H2,1H3. The van der Waals surface area contributed by atoms with Gasteiger partial charge in [-0.25, -0.2) is 0 Å². The second kappa shape index (κ2) is 7.59. The molecule has 1 amide bonds. The van der Waals surface area contributed by atoms with E-state index >= 15 is 0 Å². The highest BCUT2D eigenvalue weighted by atomic mass is 16.5. The fourth-order valence-electron chi connectivity index (χ4n) is 4.08. The quantitative estimate of drug-likeness (QED) is 0.499. The monoisotopic (exact) mass is 395 g/mol. The van der Waals surface area contributed by atoms with Gasteiger partial charge in [0.1, 0.15) is 5.75 Å². The predicted octanol–water partition coefficient (Wildman–Crippen LogP) is 4.50. The molecule has 0 fully saturated rings. The van der Waals surface area contributed by atoms with E-state index < -0.39 is 0 Å². The van der Waals surface area contributed by atoms with Crippen LogP contribution in [0.15, 0.2) is 73.1 Å². The van der Waals surface area contributed by atoms with Gasteiger partial charge in [-0.05, 0) is 23.8 Å². The topological polar surface area (TPSA) is 55.3 Å². The molecule has 0 bridgehead atoms. The summed E-state index contributed by atoms with van der Waals surface area (Å²) >= 11 is 0. The van der Waals surface area contributed by atoms with Crippen LogP contribution in [0.4, 0.5) is 0 Å². The number of pyridine rings is 2. The molecule has 4 aromatic rings. The van der Waals surface area contributed by atoms with Gasteiger partial charge in [0.05, 0.1) is 18.2 Å². The van der Waals surface area contributed by atoms with E-state index in [1.165, 1.54) is 0 Å². The molecule has 0 atom stereocenters. The number of hydrogen-bond acceptors (Lipinski definition) is 4. The average Bonchev–Trinajstić information content (AvgIpc) is 3.13. The minimum Gasteiger partial charge on any atom is -0.496 e. The van der Waals surface area contributed by atoms with Gasteiger partial charge in [0.2, 0.25) is 0 Å². The van der Waals surface area contributed by atoms with Crippen LogP contribution in [0.1, 0.15) is 21.6 Å². The number of rotatable bonds is 5. The molecule has 30 heavy (non-hydrogen) atoms. The van der Waals surface area contributed by atoms with Crippen molar-refractivity contribution in [3.05, 3.63) is 89.9 Å². The number of fused-ring (bicyclic) bond motifs is 2. The van der Waals surface area contributed by atoms with Crippen molar-refractivity contribution in [2.24, 2.45) is 0 Å². The van der Waals surface area contributed by atoms with Crippen molar-refractivity contribution in [2.75, 3.05) is 13.7 Å². The fraction of sp³-hybridized carbons (Fsp3) is 0.160. The van der Waals surface area contributed by atoms with Gasteiger partial charge in [-0.15, -0.1) is 0 Å². The lowest BCUT2D eigenvalue weighted by atomic mass is 9.97. The van der Waals surface area contributed by atoms with Gasteiger partial charge in [0.25, 0.3) is 5.91 Å². The van der Waals surface area contributed by atoms with E-state index in [9.17, 15) is 4.79 Å². The molecule has 5 nitrogen and oxygen atoms in total. The molecule has 5 rings (SSSR count). The van der Waals surface area contributed by atoms with Crippen molar-refractivity contribution in [2.45, 2.75) is 13.0 Å². The van der Waals surface area contributed by atoms with Crippen molar-refractivity contribution in [1.29, 1.82) is 0 Å². The predicted molar refractivity (Wildman–Crippen MR) is 116 cm³/mol. The van der Waals surface area contributed by atoms with Crippen LogP contribution in [-0.2, 0) is 13.0 Å². The number of ether oxygens (including phenoxy) is 1. The van der Waals surface area contributed by atoms with E-state index in [4.69, 9.17) is 9.72 Å². The third-order valence-corrected chi connectivity index (χ3v) is 5.60. The van der Waals surface area contributed by atoms with Crippen molar-refractivity contribution in [1.82, 2.24) is 14.9 Å². The van der Waals surface area contributed by atoms with Gasteiger partial charge in [0, 0.05) is 54.1 Å². The number of amides is 1. The van der Waals surface area contributed by atoms with Gasteiger partial charge < -0.3 is 9.64 Å². The van der Waals surface area contributed by atoms with Gasteiger partial charge in [-0.2, -0.15) is 0 Å². The minimum atomic E-state index is 0.0484. The lowest BCUT2D eigenvalue weighted by Crippen LogP contribution is -2.26. The Hall–Kier alpha value is -3.73. The SMILES string of the molecule is COc1ccncc1-c1cccc2c1C(=O)N(CCc1ccc3ccccc3n1)C2. The number of methoxy groups -OCH3 is 1. The summed E-state index contributed by atoms with van der Waals surface area (Å²) in [5.41, 5.74) is 5.46. The Labute approximate surface area is 175 Å². The summed E-state index contributed by atoms with van der Waals surface area (Å²) in [6, 6.07) is 20.0. The Morgan fingerprint density at radius 3 is 2.80 bits per heavy atom. The molecule has 2 aromatic heterocycles. The van der Waals surface area contributed by atoms with Crippen LogP contribution in [-0.4, -0.2) is 34.4 Å². The number of aromatic nitrogens is 2. The molecule has 0 saturated heterocycles. The summed E-state index contributed by atoms with van der Waals surface area (Å²) in [5.74, 6) is 0.761. The average molecular weight is 395 g/mol. The third-order valence-electron chi connectivity index (χ3n) is 5.60. The maximum Gasteiger partial charge on any atom is 0.255 e. The zero-order valence-corrected chi connectivity index (χ0v) is 16.7. The van der Waals surface area contributed by atoms with Gasteiger partial charge in [-0.1, -0.05) is 42.5 Å². The van der Waals surface area contributed by atoms with Gasteiger partial charge >= 0.3 is 0 Å². The van der Waals surface area contributed by atoms with E-state index in [1.54, 1.807) is 19.5 Å². The first-order valence-corrected chi connectivity index (χ1v) is 9.99. The first-order valence-electron chi connectivity index (χ1n) is 9.99. The van der Waals surface area contributed by atoms with Crippen molar-refractivity contribution >= 4 is 16.8 Å². The van der Waals surface area contributed by atoms with Gasteiger partial charge in [0.15, 0.2) is 0 Å². The van der Waals surface area contributed by atoms with Crippen LogP contribution >= 0.6 is 0 Å². The Balaban J connectivity index is 1.40. The summed E-state index contributed by atoms with van der Waals surface area (Å²) in [7, 11) is 1.63. The molecule has 3 heterocycles.